The van der Waals surface area contributed by atoms with E-state index in [2.05, 4.69) is 22.0 Å². The topological polar surface area (TPSA) is 115 Å². The highest BCUT2D eigenvalue weighted by atomic mass is 16.7. The summed E-state index contributed by atoms with van der Waals surface area (Å²) < 4.78 is 11.4. The summed E-state index contributed by atoms with van der Waals surface area (Å²) in [6, 6.07) is 6.57. The smallest absolute Gasteiger partial charge is 0.223 e. The number of hydrogen-bond acceptors (Lipinski definition) is 8. The Morgan fingerprint density at radius 2 is 1.83 bits per heavy atom. The minimum absolute atomic E-state index is 0.387. The number of nitrogens with one attached hydrogen (secondary N) is 1. The Balaban J connectivity index is 1.67. The molecule has 2 saturated heterocycles. The molecule has 4 N–H and O–H groups in total. The molecule has 9 heteroatoms. The minimum Gasteiger partial charge on any atom is -0.463 e. The maximum atomic E-state index is 11.5. The van der Waals surface area contributed by atoms with Gasteiger partial charge in [-0.15, -0.1) is 0 Å². The highest BCUT2D eigenvalue weighted by molar-refractivity contribution is 5.73. The van der Waals surface area contributed by atoms with Crippen LogP contribution in [0, 0.1) is 0 Å². The van der Waals surface area contributed by atoms with Gasteiger partial charge in [-0.1, -0.05) is 6.92 Å². The number of hydrogen-bond donors (Lipinski definition) is 4. The molecule has 9 nitrogen and oxygen atoms in total. The first-order valence-electron chi connectivity index (χ1n) is 10.1. The number of nitrogens with zero attached hydrogens (tertiary/aromatic N) is 2. The number of amides is 1. The number of anilines is 1. The summed E-state index contributed by atoms with van der Waals surface area (Å²) in [7, 11) is 0. The molecule has 0 bridgehead atoms. The fourth-order valence-electron chi connectivity index (χ4n) is 3.76. The van der Waals surface area contributed by atoms with Gasteiger partial charge in [0.1, 0.15) is 30.1 Å². The van der Waals surface area contributed by atoms with Crippen LogP contribution in [0.1, 0.15) is 13.8 Å². The largest absolute Gasteiger partial charge is 0.463 e. The van der Waals surface area contributed by atoms with Gasteiger partial charge >= 0.3 is 0 Å². The van der Waals surface area contributed by atoms with Crippen molar-refractivity contribution in [3.8, 4) is 5.75 Å². The van der Waals surface area contributed by atoms with E-state index in [1.807, 2.05) is 12.1 Å². The van der Waals surface area contributed by atoms with E-state index in [1.165, 1.54) is 6.92 Å². The normalized spacial score (nSPS) is 30.8. The summed E-state index contributed by atoms with van der Waals surface area (Å²) in [6.45, 7) is 8.05. The Kier molecular flexibility index (Phi) is 7.31. The molecule has 1 amide bonds. The molecule has 0 aliphatic carbocycles. The first-order chi connectivity index (χ1) is 13.9. The van der Waals surface area contributed by atoms with E-state index < -0.39 is 37.3 Å². The molecule has 0 spiro atoms. The Morgan fingerprint density at radius 1 is 1.17 bits per heavy atom. The molecular formula is C20H31N3O6. The van der Waals surface area contributed by atoms with Gasteiger partial charge in [-0.25, -0.2) is 0 Å². The van der Waals surface area contributed by atoms with Gasteiger partial charge in [-0.2, -0.15) is 0 Å². The van der Waals surface area contributed by atoms with Gasteiger partial charge in [-0.05, 0) is 30.8 Å². The molecule has 4 unspecified atom stereocenters. The van der Waals surface area contributed by atoms with E-state index >= 15 is 0 Å². The number of aliphatic hydroxyl groups excluding tert-OH is 3. The highest BCUT2D eigenvalue weighted by Crippen LogP contribution is 2.26. The first kappa shape index (κ1) is 21.8. The number of benzene rings is 1. The van der Waals surface area contributed by atoms with E-state index in [0.717, 1.165) is 38.4 Å². The minimum atomic E-state index is -1.33. The van der Waals surface area contributed by atoms with Crippen LogP contribution >= 0.6 is 0 Å². The second-order valence-corrected chi connectivity index (χ2v) is 7.47. The van der Waals surface area contributed by atoms with E-state index in [0.29, 0.717) is 5.75 Å². The van der Waals surface area contributed by atoms with Gasteiger partial charge in [0.05, 0.1) is 6.61 Å². The Morgan fingerprint density at radius 3 is 2.38 bits per heavy atom. The van der Waals surface area contributed by atoms with Gasteiger partial charge in [0.2, 0.25) is 12.2 Å². The average molecular weight is 409 g/mol. The van der Waals surface area contributed by atoms with Crippen LogP contribution in [-0.2, 0) is 9.53 Å². The first-order valence-corrected chi connectivity index (χ1v) is 10.1. The van der Waals surface area contributed by atoms with Crippen LogP contribution in [0.2, 0.25) is 0 Å². The predicted molar refractivity (Wildman–Crippen MR) is 107 cm³/mol. The van der Waals surface area contributed by atoms with Crippen molar-refractivity contribution in [3.05, 3.63) is 24.3 Å². The molecule has 2 aliphatic rings. The molecule has 0 radical (unpaired) electrons. The van der Waals surface area contributed by atoms with E-state index in [4.69, 9.17) is 9.47 Å². The van der Waals surface area contributed by atoms with E-state index in [1.54, 1.807) is 12.1 Å². The van der Waals surface area contributed by atoms with E-state index in [9.17, 15) is 20.1 Å². The fourth-order valence-corrected chi connectivity index (χ4v) is 3.76. The molecular weight excluding hydrogens is 378 g/mol. The van der Waals surface area contributed by atoms with Gasteiger partial charge in [0.25, 0.3) is 0 Å². The number of rotatable bonds is 6. The standard InChI is InChI=1S/C20H31N3O6/c1-3-22-8-10-23(11-9-22)14-4-6-15(7-5-14)28-20-17(21-13(2)25)19(27)18(26)16(12-24)29-20/h4-7,16-20,24,26-27H,3,8-12H2,1-2H3,(H,21,25)/t16?,17-,18?,19?,20?/m0/s1. The molecule has 5 atom stereocenters. The SMILES string of the molecule is CCN1CCN(c2ccc(OC3OC(CO)C(O)C(O)[C@@H]3NC(C)=O)cc2)CC1. The summed E-state index contributed by atoms with van der Waals surface area (Å²) in [6.07, 6.45) is -4.72. The molecule has 3 rings (SSSR count). The van der Waals surface area contributed by atoms with Crippen LogP contribution in [-0.4, -0.2) is 96.1 Å². The highest BCUT2D eigenvalue weighted by Gasteiger charge is 2.46. The molecule has 2 heterocycles. The van der Waals surface area contributed by atoms with Gasteiger partial charge < -0.3 is 39.9 Å². The van der Waals surface area contributed by atoms with E-state index in [-0.39, 0.29) is 5.91 Å². The fraction of sp³-hybridized carbons (Fsp3) is 0.650. The van der Waals surface area contributed by atoms with Crippen molar-refractivity contribution in [1.29, 1.82) is 0 Å². The van der Waals surface area contributed by atoms with Crippen LogP contribution in [0.4, 0.5) is 5.69 Å². The third-order valence-electron chi connectivity index (χ3n) is 5.52. The molecule has 1 aromatic rings. The van der Waals surface area contributed by atoms with Crippen LogP contribution in [0.3, 0.4) is 0 Å². The third kappa shape index (κ3) is 5.18. The molecule has 2 aliphatic heterocycles. The van der Waals surface area contributed by atoms with Crippen molar-refractivity contribution in [2.24, 2.45) is 0 Å². The lowest BCUT2D eigenvalue weighted by atomic mass is 9.97. The lowest BCUT2D eigenvalue weighted by Crippen LogP contribution is -2.65. The Bertz CT molecular complexity index is 665. The number of carbonyl (C=O) groups excluding carboxylic acids is 1. The Labute approximate surface area is 170 Å². The number of piperazine rings is 1. The molecule has 0 saturated carbocycles. The zero-order valence-corrected chi connectivity index (χ0v) is 16.9. The van der Waals surface area contributed by atoms with Gasteiger partial charge in [-0.3, -0.25) is 4.79 Å². The van der Waals surface area contributed by atoms with Crippen molar-refractivity contribution >= 4 is 11.6 Å². The summed E-state index contributed by atoms with van der Waals surface area (Å²) >= 11 is 0. The van der Waals surface area contributed by atoms with Crippen LogP contribution in [0.15, 0.2) is 24.3 Å². The number of aliphatic hydroxyl groups is 3. The van der Waals surface area contributed by atoms with Gasteiger partial charge in [0.15, 0.2) is 0 Å². The summed E-state index contributed by atoms with van der Waals surface area (Å²) in [5.74, 6) is 0.115. The Hall–Kier alpha value is -1.91. The maximum Gasteiger partial charge on any atom is 0.223 e. The van der Waals surface area contributed by atoms with Crippen molar-refractivity contribution < 1.29 is 29.6 Å². The average Bonchev–Trinajstić information content (AvgIpc) is 2.73. The van der Waals surface area contributed by atoms with Crippen molar-refractivity contribution in [3.63, 3.8) is 0 Å². The van der Waals surface area contributed by atoms with Crippen molar-refractivity contribution in [2.45, 2.75) is 44.5 Å². The van der Waals surface area contributed by atoms with Gasteiger partial charge in [0, 0.05) is 38.8 Å². The maximum absolute atomic E-state index is 11.5. The molecule has 2 fully saturated rings. The predicted octanol–water partition coefficient (Wildman–Crippen LogP) is -0.849. The van der Waals surface area contributed by atoms with Crippen LogP contribution in [0.5, 0.6) is 5.75 Å². The monoisotopic (exact) mass is 409 g/mol. The number of likely N-dealkylation sites (N-methyl/N-ethyl adjacent to an activating group) is 1. The third-order valence-corrected chi connectivity index (χ3v) is 5.52. The van der Waals surface area contributed by atoms with Crippen molar-refractivity contribution in [1.82, 2.24) is 10.2 Å². The quantitative estimate of drug-likeness (QED) is 0.481. The molecule has 0 aromatic heterocycles. The summed E-state index contributed by atoms with van der Waals surface area (Å²) in [5, 5.41) is 32.4. The van der Waals surface area contributed by atoms with Crippen molar-refractivity contribution in [2.75, 3.05) is 44.2 Å². The lowest BCUT2D eigenvalue weighted by molar-refractivity contribution is -0.244. The number of ether oxygens (including phenoxy) is 2. The van der Waals surface area contributed by atoms with Crippen LogP contribution in [0.25, 0.3) is 0 Å². The molecule has 1 aromatic carbocycles. The summed E-state index contributed by atoms with van der Waals surface area (Å²) in [4.78, 5) is 16.2. The second-order valence-electron chi connectivity index (χ2n) is 7.47. The molecule has 162 valence electrons. The zero-order chi connectivity index (χ0) is 21.0. The second kappa shape index (κ2) is 9.73. The zero-order valence-electron chi connectivity index (χ0n) is 16.9. The number of carbonyl (C=O) groups is 1. The summed E-state index contributed by atoms with van der Waals surface area (Å²) in [5.41, 5.74) is 1.10. The van der Waals surface area contributed by atoms with Crippen LogP contribution < -0.4 is 15.0 Å². The molecule has 29 heavy (non-hydrogen) atoms. The lowest BCUT2D eigenvalue weighted by Gasteiger charge is -2.42.